The van der Waals surface area contributed by atoms with Gasteiger partial charge in [0.25, 0.3) is 0 Å². The maximum absolute atomic E-state index is 11.9. The highest BCUT2D eigenvalue weighted by atomic mass is 32.2. The first-order chi connectivity index (χ1) is 12.8. The minimum Gasteiger partial charge on any atom is -0.491 e. The Morgan fingerprint density at radius 3 is 2.96 bits per heavy atom. The van der Waals surface area contributed by atoms with Gasteiger partial charge in [0.1, 0.15) is 17.4 Å². The summed E-state index contributed by atoms with van der Waals surface area (Å²) >= 11 is 1.52. The second-order valence-electron chi connectivity index (χ2n) is 5.86. The number of benzene rings is 1. The molecule has 3 N–H and O–H groups in total. The lowest BCUT2D eigenvalue weighted by molar-refractivity contribution is -0.0110. The van der Waals surface area contributed by atoms with Gasteiger partial charge >= 0.3 is 6.03 Å². The lowest BCUT2D eigenvalue weighted by Gasteiger charge is -2.22. The number of carbonyl (C=O) groups is 1. The van der Waals surface area contributed by atoms with Gasteiger partial charge in [0, 0.05) is 24.6 Å². The first-order valence-electron chi connectivity index (χ1n) is 8.67. The Bertz CT molecular complexity index is 660. The SMILES string of the molecule is O=C(NCCSc1cn[nH]n1)Nc1ccc(OCC2CCCCO2)cc1. The van der Waals surface area contributed by atoms with Gasteiger partial charge in [0.05, 0.1) is 12.3 Å². The summed E-state index contributed by atoms with van der Waals surface area (Å²) in [6.45, 7) is 1.92. The number of nitrogens with one attached hydrogen (secondary N) is 3. The van der Waals surface area contributed by atoms with Gasteiger partial charge in [-0.15, -0.1) is 16.9 Å². The molecule has 1 unspecified atom stereocenters. The van der Waals surface area contributed by atoms with E-state index in [4.69, 9.17) is 9.47 Å². The topological polar surface area (TPSA) is 101 Å². The van der Waals surface area contributed by atoms with E-state index in [1.54, 1.807) is 6.20 Å². The number of thioether (sulfide) groups is 1. The van der Waals surface area contributed by atoms with Crippen LogP contribution in [0.15, 0.2) is 35.5 Å². The Kier molecular flexibility index (Phi) is 7.15. The smallest absolute Gasteiger partial charge is 0.319 e. The zero-order valence-electron chi connectivity index (χ0n) is 14.4. The molecule has 2 amide bonds. The molecule has 1 saturated heterocycles. The van der Waals surface area contributed by atoms with E-state index in [9.17, 15) is 4.79 Å². The number of nitrogens with zero attached hydrogens (tertiary/aromatic N) is 2. The van der Waals surface area contributed by atoms with E-state index in [0.717, 1.165) is 36.0 Å². The summed E-state index contributed by atoms with van der Waals surface area (Å²) in [7, 11) is 0. The average Bonchev–Trinajstić information content (AvgIpc) is 3.19. The molecule has 0 aliphatic carbocycles. The number of ether oxygens (including phenoxy) is 2. The molecule has 2 heterocycles. The number of rotatable bonds is 8. The second kappa shape index (κ2) is 10.0. The molecular formula is C17H23N5O3S. The van der Waals surface area contributed by atoms with Crippen molar-refractivity contribution in [3.8, 4) is 5.75 Å². The molecule has 26 heavy (non-hydrogen) atoms. The molecule has 1 aromatic carbocycles. The van der Waals surface area contributed by atoms with E-state index < -0.39 is 0 Å². The highest BCUT2D eigenvalue weighted by Crippen LogP contribution is 2.18. The fourth-order valence-electron chi connectivity index (χ4n) is 2.52. The molecule has 0 radical (unpaired) electrons. The van der Waals surface area contributed by atoms with Crippen molar-refractivity contribution in [2.24, 2.45) is 0 Å². The van der Waals surface area contributed by atoms with Crippen LogP contribution in [-0.4, -0.2) is 53.1 Å². The van der Waals surface area contributed by atoms with Crippen molar-refractivity contribution in [2.75, 3.05) is 30.8 Å². The van der Waals surface area contributed by atoms with Gasteiger partial charge in [-0.05, 0) is 43.5 Å². The third-order valence-corrected chi connectivity index (χ3v) is 4.75. The molecule has 1 aliphatic rings. The lowest BCUT2D eigenvalue weighted by Crippen LogP contribution is -2.30. The maximum atomic E-state index is 11.9. The molecule has 3 rings (SSSR count). The number of hydrogen-bond donors (Lipinski definition) is 3. The van der Waals surface area contributed by atoms with Crippen LogP contribution in [0.2, 0.25) is 0 Å². The average molecular weight is 377 g/mol. The fraction of sp³-hybridized carbons (Fsp3) is 0.471. The number of anilines is 1. The number of carbonyl (C=O) groups excluding carboxylic acids is 1. The standard InChI is InChI=1S/C17H23N5O3S/c23-17(18-8-10-26-16-11-19-22-21-16)20-13-4-6-14(7-5-13)25-12-15-3-1-2-9-24-15/h4-7,11,15H,1-3,8-10,12H2,(H2,18,20,23)(H,19,21,22). The van der Waals surface area contributed by atoms with Crippen molar-refractivity contribution in [3.05, 3.63) is 30.5 Å². The highest BCUT2D eigenvalue weighted by Gasteiger charge is 2.14. The third kappa shape index (κ3) is 6.23. The van der Waals surface area contributed by atoms with Gasteiger partial charge in [-0.2, -0.15) is 10.3 Å². The molecule has 0 bridgehead atoms. The summed E-state index contributed by atoms with van der Waals surface area (Å²) in [4.78, 5) is 11.9. The van der Waals surface area contributed by atoms with Crippen molar-refractivity contribution in [2.45, 2.75) is 30.4 Å². The van der Waals surface area contributed by atoms with E-state index in [0.29, 0.717) is 18.8 Å². The van der Waals surface area contributed by atoms with Crippen LogP contribution in [0.3, 0.4) is 0 Å². The summed E-state index contributed by atoms with van der Waals surface area (Å²) in [5, 5.41) is 16.6. The van der Waals surface area contributed by atoms with Crippen LogP contribution in [0.5, 0.6) is 5.75 Å². The van der Waals surface area contributed by atoms with Gasteiger partial charge < -0.3 is 20.1 Å². The van der Waals surface area contributed by atoms with Crippen molar-refractivity contribution >= 4 is 23.5 Å². The Labute approximate surface area is 156 Å². The van der Waals surface area contributed by atoms with E-state index >= 15 is 0 Å². The Morgan fingerprint density at radius 1 is 1.35 bits per heavy atom. The van der Waals surface area contributed by atoms with Gasteiger partial charge in [0.15, 0.2) is 0 Å². The van der Waals surface area contributed by atoms with Crippen molar-refractivity contribution in [3.63, 3.8) is 0 Å². The number of aromatic nitrogens is 3. The van der Waals surface area contributed by atoms with Crippen LogP contribution in [0.25, 0.3) is 0 Å². The number of H-pyrrole nitrogens is 1. The normalized spacial score (nSPS) is 16.8. The van der Waals surface area contributed by atoms with Gasteiger partial charge in [-0.1, -0.05) is 0 Å². The minimum absolute atomic E-state index is 0.183. The minimum atomic E-state index is -0.241. The number of amides is 2. The molecule has 8 nitrogen and oxygen atoms in total. The van der Waals surface area contributed by atoms with E-state index in [2.05, 4.69) is 26.0 Å². The predicted molar refractivity (Wildman–Crippen MR) is 99.7 cm³/mol. The summed E-state index contributed by atoms with van der Waals surface area (Å²) in [6.07, 6.45) is 5.22. The number of urea groups is 1. The molecule has 1 atom stereocenters. The molecule has 1 fully saturated rings. The van der Waals surface area contributed by atoms with E-state index in [1.165, 1.54) is 18.2 Å². The van der Waals surface area contributed by atoms with Crippen molar-refractivity contribution < 1.29 is 14.3 Å². The van der Waals surface area contributed by atoms with Gasteiger partial charge in [-0.25, -0.2) is 4.79 Å². The first kappa shape index (κ1) is 18.5. The fourth-order valence-corrected chi connectivity index (χ4v) is 3.16. The zero-order chi connectivity index (χ0) is 18.0. The Hall–Kier alpha value is -2.26. The number of hydrogen-bond acceptors (Lipinski definition) is 6. The van der Waals surface area contributed by atoms with Crippen LogP contribution in [0, 0.1) is 0 Å². The van der Waals surface area contributed by atoms with Crippen molar-refractivity contribution in [1.29, 1.82) is 0 Å². The molecule has 0 spiro atoms. The van der Waals surface area contributed by atoms with Crippen molar-refractivity contribution in [1.82, 2.24) is 20.7 Å². The molecule has 140 valence electrons. The number of aromatic amines is 1. The summed E-state index contributed by atoms with van der Waals surface area (Å²) < 4.78 is 11.4. The monoisotopic (exact) mass is 377 g/mol. The molecule has 9 heteroatoms. The summed E-state index contributed by atoms with van der Waals surface area (Å²) in [6, 6.07) is 7.09. The Balaban J connectivity index is 1.33. The van der Waals surface area contributed by atoms with Crippen LogP contribution in [-0.2, 0) is 4.74 Å². The molecule has 1 aliphatic heterocycles. The maximum Gasteiger partial charge on any atom is 0.319 e. The van der Waals surface area contributed by atoms with E-state index in [-0.39, 0.29) is 12.1 Å². The second-order valence-corrected chi connectivity index (χ2v) is 6.98. The van der Waals surface area contributed by atoms with Crippen LogP contribution < -0.4 is 15.4 Å². The Morgan fingerprint density at radius 2 is 2.23 bits per heavy atom. The molecule has 2 aromatic rings. The summed E-state index contributed by atoms with van der Waals surface area (Å²) in [5.41, 5.74) is 0.716. The van der Waals surface area contributed by atoms with Crippen LogP contribution in [0.4, 0.5) is 10.5 Å². The van der Waals surface area contributed by atoms with Gasteiger partial charge in [-0.3, -0.25) is 0 Å². The predicted octanol–water partition coefficient (Wildman–Crippen LogP) is 2.67. The lowest BCUT2D eigenvalue weighted by atomic mass is 10.1. The molecular weight excluding hydrogens is 354 g/mol. The highest BCUT2D eigenvalue weighted by molar-refractivity contribution is 7.99. The van der Waals surface area contributed by atoms with Crippen LogP contribution >= 0.6 is 11.8 Å². The summed E-state index contributed by atoms with van der Waals surface area (Å²) in [5.74, 6) is 1.49. The largest absolute Gasteiger partial charge is 0.491 e. The molecule has 0 saturated carbocycles. The zero-order valence-corrected chi connectivity index (χ0v) is 15.3. The molecule has 1 aromatic heterocycles. The van der Waals surface area contributed by atoms with E-state index in [1.807, 2.05) is 24.3 Å². The van der Waals surface area contributed by atoms with Crippen LogP contribution in [0.1, 0.15) is 19.3 Å². The first-order valence-corrected chi connectivity index (χ1v) is 9.66. The van der Waals surface area contributed by atoms with Gasteiger partial charge in [0.2, 0.25) is 0 Å². The quantitative estimate of drug-likeness (QED) is 0.483. The third-order valence-electron chi connectivity index (χ3n) is 3.85.